The van der Waals surface area contributed by atoms with Crippen molar-refractivity contribution in [3.63, 3.8) is 0 Å². The van der Waals surface area contributed by atoms with Crippen LogP contribution < -0.4 is 26.8 Å². The normalized spacial score (nSPS) is 16.1. The van der Waals surface area contributed by atoms with Crippen LogP contribution in [0.1, 0.15) is 28.9 Å². The number of rotatable bonds is 6. The predicted molar refractivity (Wildman–Crippen MR) is 129 cm³/mol. The predicted octanol–water partition coefficient (Wildman–Crippen LogP) is 3.98. The molecule has 0 radical (unpaired) electrons. The summed E-state index contributed by atoms with van der Waals surface area (Å²) in [4.78, 5) is 19.6. The lowest BCUT2D eigenvalue weighted by Crippen LogP contribution is -2.43. The number of nitrogens with zero attached hydrogens (tertiary/aromatic N) is 3. The van der Waals surface area contributed by atoms with E-state index in [1.54, 1.807) is 11.5 Å². The number of carbonyl (C=O) groups is 1. The summed E-state index contributed by atoms with van der Waals surface area (Å²) in [7, 11) is 0. The van der Waals surface area contributed by atoms with Crippen molar-refractivity contribution in [1.29, 1.82) is 0 Å². The highest BCUT2D eigenvalue weighted by Gasteiger charge is 2.21. The fourth-order valence-electron chi connectivity index (χ4n) is 3.73. The van der Waals surface area contributed by atoms with E-state index in [9.17, 15) is 4.79 Å². The third-order valence-corrected chi connectivity index (χ3v) is 6.14. The smallest absolute Gasteiger partial charge is 0.275 e. The molecule has 1 saturated heterocycles. The van der Waals surface area contributed by atoms with Crippen LogP contribution in [0.2, 0.25) is 0 Å². The number of hydrazine groups is 1. The third kappa shape index (κ3) is 4.61. The third-order valence-electron chi connectivity index (χ3n) is 5.30. The molecule has 7 nitrogen and oxygen atoms in total. The number of anilines is 4. The van der Waals surface area contributed by atoms with Gasteiger partial charge in [0.05, 0.1) is 17.1 Å². The van der Waals surface area contributed by atoms with Gasteiger partial charge in [0.1, 0.15) is 5.69 Å². The van der Waals surface area contributed by atoms with Crippen LogP contribution in [-0.2, 0) is 0 Å². The van der Waals surface area contributed by atoms with Crippen LogP contribution >= 0.6 is 11.3 Å². The van der Waals surface area contributed by atoms with Crippen molar-refractivity contribution in [3.8, 4) is 0 Å². The van der Waals surface area contributed by atoms with Gasteiger partial charge in [-0.15, -0.1) is 11.3 Å². The molecule has 3 aromatic rings. The number of aromatic nitrogens is 1. The van der Waals surface area contributed by atoms with Gasteiger partial charge in [-0.2, -0.15) is 0 Å². The molecule has 1 aliphatic rings. The van der Waals surface area contributed by atoms with Crippen molar-refractivity contribution in [2.75, 3.05) is 28.3 Å². The van der Waals surface area contributed by atoms with Gasteiger partial charge in [-0.1, -0.05) is 43.0 Å². The maximum Gasteiger partial charge on any atom is 0.275 e. The molecule has 1 aliphatic heterocycles. The first-order chi connectivity index (χ1) is 15.1. The van der Waals surface area contributed by atoms with Gasteiger partial charge in [0.2, 0.25) is 5.13 Å². The Balaban J connectivity index is 1.52. The molecule has 4 rings (SSSR count). The summed E-state index contributed by atoms with van der Waals surface area (Å²) in [6.07, 6.45) is 3.80. The molecule has 0 aliphatic carbocycles. The average molecular weight is 435 g/mol. The van der Waals surface area contributed by atoms with Gasteiger partial charge in [0, 0.05) is 24.5 Å². The van der Waals surface area contributed by atoms with Crippen molar-refractivity contribution < 1.29 is 4.79 Å². The number of carbonyl (C=O) groups excluding carboxylic acids is 1. The number of hydrogen-bond acceptors (Lipinski definition) is 7. The highest BCUT2D eigenvalue weighted by atomic mass is 32.1. The fourth-order valence-corrected chi connectivity index (χ4v) is 4.47. The number of piperidine rings is 1. The standard InChI is InChI=1S/C23H26N6OS/c1-2-16-8-3-5-11-20(16)29(25)23-27-19(15-31-23)22(30)26-18-10-4-6-12-21(18)28-13-7-9-17(24)14-28/h2-6,8,10-12,15,17H,1,7,9,13-14,24-25H2,(H,26,30)/t17-/m1/s1. The molecule has 0 spiro atoms. The van der Waals surface area contributed by atoms with Gasteiger partial charge in [-0.3, -0.25) is 9.80 Å². The SMILES string of the molecule is C=Cc1ccccc1N(N)c1nc(C(=O)Nc2ccccc2N2CCC[C@@H](N)C2)cs1. The van der Waals surface area contributed by atoms with Gasteiger partial charge in [0.25, 0.3) is 5.91 Å². The van der Waals surface area contributed by atoms with E-state index in [2.05, 4.69) is 21.8 Å². The Morgan fingerprint density at radius 3 is 2.84 bits per heavy atom. The second-order valence-electron chi connectivity index (χ2n) is 7.47. The molecule has 5 N–H and O–H groups in total. The minimum atomic E-state index is -0.276. The van der Waals surface area contributed by atoms with Crippen molar-refractivity contribution in [1.82, 2.24) is 4.98 Å². The van der Waals surface area contributed by atoms with Crippen molar-refractivity contribution in [2.24, 2.45) is 11.6 Å². The minimum Gasteiger partial charge on any atom is -0.368 e. The van der Waals surface area contributed by atoms with E-state index in [1.165, 1.54) is 16.3 Å². The summed E-state index contributed by atoms with van der Waals surface area (Å²) < 4.78 is 0. The summed E-state index contributed by atoms with van der Waals surface area (Å²) >= 11 is 1.31. The lowest BCUT2D eigenvalue weighted by molar-refractivity contribution is 0.102. The van der Waals surface area contributed by atoms with Gasteiger partial charge in [0.15, 0.2) is 0 Å². The molecule has 160 valence electrons. The van der Waals surface area contributed by atoms with Gasteiger partial charge >= 0.3 is 0 Å². The van der Waals surface area contributed by atoms with E-state index in [0.29, 0.717) is 10.8 Å². The monoisotopic (exact) mass is 434 g/mol. The first-order valence-electron chi connectivity index (χ1n) is 10.2. The largest absolute Gasteiger partial charge is 0.368 e. The summed E-state index contributed by atoms with van der Waals surface area (Å²) in [5, 5.41) is 6.71. The molecule has 0 saturated carbocycles. The topological polar surface area (TPSA) is 101 Å². The Bertz CT molecular complexity index is 1080. The first-order valence-corrected chi connectivity index (χ1v) is 11.1. The Hall–Kier alpha value is -3.20. The Morgan fingerprint density at radius 2 is 2.03 bits per heavy atom. The van der Waals surface area contributed by atoms with Crippen molar-refractivity contribution in [3.05, 3.63) is 71.7 Å². The van der Waals surface area contributed by atoms with Crippen molar-refractivity contribution in [2.45, 2.75) is 18.9 Å². The molecular formula is C23H26N6OS. The van der Waals surface area contributed by atoms with E-state index in [0.717, 1.165) is 48.6 Å². The van der Waals surface area contributed by atoms with Crippen LogP contribution in [0.3, 0.4) is 0 Å². The zero-order chi connectivity index (χ0) is 21.8. The molecule has 2 heterocycles. The second-order valence-corrected chi connectivity index (χ2v) is 8.30. The molecule has 8 heteroatoms. The first kappa shape index (κ1) is 21.0. The van der Waals surface area contributed by atoms with Crippen LogP contribution in [0.4, 0.5) is 22.2 Å². The molecule has 1 fully saturated rings. The summed E-state index contributed by atoms with van der Waals surface area (Å²) in [5.41, 5.74) is 9.84. The second kappa shape index (κ2) is 9.30. The van der Waals surface area contributed by atoms with E-state index in [4.69, 9.17) is 11.6 Å². The van der Waals surface area contributed by atoms with E-state index < -0.39 is 0 Å². The molecule has 1 aromatic heterocycles. The van der Waals surface area contributed by atoms with Gasteiger partial charge in [-0.05, 0) is 36.6 Å². The van der Waals surface area contributed by atoms with Crippen molar-refractivity contribution >= 4 is 45.5 Å². The lowest BCUT2D eigenvalue weighted by Gasteiger charge is -2.33. The van der Waals surface area contributed by atoms with Crippen LogP contribution in [0.15, 0.2) is 60.5 Å². The van der Waals surface area contributed by atoms with Crippen LogP contribution in [-0.4, -0.2) is 30.0 Å². The molecule has 0 unspecified atom stereocenters. The number of thiazole rings is 1. The van der Waals surface area contributed by atoms with E-state index in [-0.39, 0.29) is 11.9 Å². The number of hydrogen-bond donors (Lipinski definition) is 3. The molecule has 1 amide bonds. The highest BCUT2D eigenvalue weighted by molar-refractivity contribution is 7.14. The molecule has 2 aromatic carbocycles. The number of nitrogens with one attached hydrogen (secondary N) is 1. The quantitative estimate of drug-likeness (QED) is 0.401. The molecule has 31 heavy (non-hydrogen) atoms. The Kier molecular flexibility index (Phi) is 6.31. The number of nitrogens with two attached hydrogens (primary N) is 2. The van der Waals surface area contributed by atoms with E-state index in [1.807, 2.05) is 48.5 Å². The van der Waals surface area contributed by atoms with Crippen LogP contribution in [0.5, 0.6) is 0 Å². The number of amides is 1. The Morgan fingerprint density at radius 1 is 1.26 bits per heavy atom. The van der Waals surface area contributed by atoms with Gasteiger partial charge < -0.3 is 16.0 Å². The molecule has 1 atom stereocenters. The number of para-hydroxylation sites is 3. The fraction of sp³-hybridized carbons (Fsp3) is 0.217. The number of benzene rings is 2. The highest BCUT2D eigenvalue weighted by Crippen LogP contribution is 2.31. The molecule has 0 bridgehead atoms. The maximum atomic E-state index is 12.9. The summed E-state index contributed by atoms with van der Waals surface area (Å²) in [5.74, 6) is 6.00. The van der Waals surface area contributed by atoms with E-state index >= 15 is 0 Å². The maximum absolute atomic E-state index is 12.9. The minimum absolute atomic E-state index is 0.146. The zero-order valence-corrected chi connectivity index (χ0v) is 18.0. The van der Waals surface area contributed by atoms with Gasteiger partial charge in [-0.25, -0.2) is 10.8 Å². The van der Waals surface area contributed by atoms with Crippen LogP contribution in [0.25, 0.3) is 6.08 Å². The Labute approximate surface area is 186 Å². The van der Waals surface area contributed by atoms with Crippen LogP contribution in [0, 0.1) is 0 Å². The molecular weight excluding hydrogens is 408 g/mol. The average Bonchev–Trinajstić information content (AvgIpc) is 3.29. The zero-order valence-electron chi connectivity index (χ0n) is 17.2. The lowest BCUT2D eigenvalue weighted by atomic mass is 10.1. The summed E-state index contributed by atoms with van der Waals surface area (Å²) in [6, 6.07) is 15.6. The summed E-state index contributed by atoms with van der Waals surface area (Å²) in [6.45, 7) is 5.52.